The summed E-state index contributed by atoms with van der Waals surface area (Å²) in [6.45, 7) is 1.80. The Morgan fingerprint density at radius 1 is 1.44 bits per heavy atom. The van der Waals surface area contributed by atoms with Crippen molar-refractivity contribution in [3.63, 3.8) is 0 Å². The molecule has 16 heavy (non-hydrogen) atoms. The van der Waals surface area contributed by atoms with Gasteiger partial charge in [-0.05, 0) is 6.92 Å². The van der Waals surface area contributed by atoms with Gasteiger partial charge in [-0.15, -0.1) is 0 Å². The third-order valence-electron chi connectivity index (χ3n) is 2.17. The number of benzene rings is 1. The molecule has 0 radical (unpaired) electrons. The van der Waals surface area contributed by atoms with Crippen molar-refractivity contribution in [2.75, 3.05) is 0 Å². The number of non-ortho nitro benzene ring substituents is 1. The molecule has 0 fully saturated rings. The number of aromatic nitrogens is 1. The van der Waals surface area contributed by atoms with Crippen LogP contribution in [0.25, 0.3) is 11.3 Å². The van der Waals surface area contributed by atoms with E-state index in [1.807, 2.05) is 0 Å². The summed E-state index contributed by atoms with van der Waals surface area (Å²) in [6, 6.07) is 6.20. The Hall–Kier alpha value is -1.95. The topological polar surface area (TPSA) is 76.0 Å². The molecule has 0 aliphatic carbocycles. The van der Waals surface area contributed by atoms with Gasteiger partial charge in [-0.2, -0.15) is 0 Å². The summed E-state index contributed by atoms with van der Waals surface area (Å²) in [6.07, 6.45) is 0. The molecule has 2 aromatic rings. The third-order valence-corrected chi connectivity index (χ3v) is 2.97. The first-order valence-corrected chi connectivity index (χ1v) is 5.34. The Bertz CT molecular complexity index is 600. The van der Waals surface area contributed by atoms with Crippen molar-refractivity contribution in [2.24, 2.45) is 0 Å². The molecule has 0 atom stereocenters. The molecule has 0 saturated carbocycles. The summed E-state index contributed by atoms with van der Waals surface area (Å²) in [4.78, 5) is 24.6. The lowest BCUT2D eigenvalue weighted by atomic mass is 10.1. The first kappa shape index (κ1) is 10.6. The van der Waals surface area contributed by atoms with Crippen LogP contribution < -0.4 is 4.87 Å². The fourth-order valence-electron chi connectivity index (χ4n) is 1.46. The molecule has 2 rings (SSSR count). The second-order valence-corrected chi connectivity index (χ2v) is 4.44. The molecular formula is C10H8N2O3S. The molecule has 6 heteroatoms. The highest BCUT2D eigenvalue weighted by Crippen LogP contribution is 2.25. The number of hydrogen-bond donors (Lipinski definition) is 1. The summed E-state index contributed by atoms with van der Waals surface area (Å²) in [5.74, 6) is 0. The van der Waals surface area contributed by atoms with E-state index < -0.39 is 4.92 Å². The van der Waals surface area contributed by atoms with Gasteiger partial charge < -0.3 is 4.98 Å². The van der Waals surface area contributed by atoms with E-state index >= 15 is 0 Å². The molecule has 1 aromatic heterocycles. The first-order valence-electron chi connectivity index (χ1n) is 4.52. The van der Waals surface area contributed by atoms with E-state index in [1.54, 1.807) is 19.1 Å². The van der Waals surface area contributed by atoms with Crippen LogP contribution in [0, 0.1) is 17.0 Å². The van der Waals surface area contributed by atoms with Gasteiger partial charge in [0.25, 0.3) is 5.69 Å². The number of nitrogens with one attached hydrogen (secondary N) is 1. The molecule has 1 heterocycles. The highest BCUT2D eigenvalue weighted by atomic mass is 32.1. The SMILES string of the molecule is Cc1sc(=O)[nH]c1-c1cccc([N+](=O)[O-])c1. The van der Waals surface area contributed by atoms with E-state index in [0.29, 0.717) is 11.3 Å². The van der Waals surface area contributed by atoms with E-state index in [1.165, 1.54) is 12.1 Å². The summed E-state index contributed by atoms with van der Waals surface area (Å²) in [5, 5.41) is 10.6. The molecule has 0 aliphatic rings. The lowest BCUT2D eigenvalue weighted by molar-refractivity contribution is -0.384. The zero-order chi connectivity index (χ0) is 11.7. The zero-order valence-electron chi connectivity index (χ0n) is 8.39. The van der Waals surface area contributed by atoms with Gasteiger partial charge in [0.2, 0.25) is 0 Å². The minimum absolute atomic E-state index is 0.0175. The number of H-pyrrole nitrogens is 1. The van der Waals surface area contributed by atoms with Crippen LogP contribution in [0.5, 0.6) is 0 Å². The lowest BCUT2D eigenvalue weighted by Crippen LogP contribution is -1.93. The monoisotopic (exact) mass is 236 g/mol. The first-order chi connectivity index (χ1) is 7.58. The fourth-order valence-corrected chi connectivity index (χ4v) is 2.16. The number of nitro groups is 1. The smallest absolute Gasteiger partial charge is 0.305 e. The lowest BCUT2D eigenvalue weighted by Gasteiger charge is -1.98. The number of hydrogen-bond acceptors (Lipinski definition) is 4. The molecule has 5 nitrogen and oxygen atoms in total. The number of aryl methyl sites for hydroxylation is 1. The Balaban J connectivity index is 2.56. The maximum absolute atomic E-state index is 11.1. The molecule has 0 aliphatic heterocycles. The second kappa shape index (κ2) is 3.90. The van der Waals surface area contributed by atoms with Crippen molar-refractivity contribution in [3.8, 4) is 11.3 Å². The van der Waals surface area contributed by atoms with Gasteiger partial charge in [0.05, 0.1) is 10.6 Å². The second-order valence-electron chi connectivity index (χ2n) is 3.25. The highest BCUT2D eigenvalue weighted by molar-refractivity contribution is 7.09. The Morgan fingerprint density at radius 2 is 2.19 bits per heavy atom. The van der Waals surface area contributed by atoms with Crippen LogP contribution in [-0.2, 0) is 0 Å². The standard InChI is InChI=1S/C10H8N2O3S/c1-6-9(11-10(13)16-6)7-3-2-4-8(5-7)12(14)15/h2-5H,1H3,(H,11,13). The number of nitrogens with zero attached hydrogens (tertiary/aromatic N) is 1. The van der Waals surface area contributed by atoms with Crippen molar-refractivity contribution in [1.29, 1.82) is 0 Å². The van der Waals surface area contributed by atoms with Gasteiger partial charge in [0, 0.05) is 22.6 Å². The molecule has 0 bridgehead atoms. The zero-order valence-corrected chi connectivity index (χ0v) is 9.21. The Kier molecular flexibility index (Phi) is 2.57. The molecule has 0 unspecified atom stereocenters. The van der Waals surface area contributed by atoms with E-state index in [-0.39, 0.29) is 10.6 Å². The molecular weight excluding hydrogens is 228 g/mol. The number of aromatic amines is 1. The molecule has 82 valence electrons. The maximum Gasteiger partial charge on any atom is 0.305 e. The van der Waals surface area contributed by atoms with Crippen LogP contribution in [0.2, 0.25) is 0 Å². The van der Waals surface area contributed by atoms with E-state index in [9.17, 15) is 14.9 Å². The minimum Gasteiger partial charge on any atom is -0.312 e. The van der Waals surface area contributed by atoms with Gasteiger partial charge in [-0.25, -0.2) is 0 Å². The Labute approximate surface area is 94.5 Å². The predicted molar refractivity (Wildman–Crippen MR) is 61.8 cm³/mol. The predicted octanol–water partition coefficient (Wildman–Crippen LogP) is 2.32. The van der Waals surface area contributed by atoms with E-state index in [2.05, 4.69) is 4.98 Å². The molecule has 0 amide bonds. The average molecular weight is 236 g/mol. The number of rotatable bonds is 2. The van der Waals surface area contributed by atoms with Crippen LogP contribution in [-0.4, -0.2) is 9.91 Å². The average Bonchev–Trinajstić information content (AvgIpc) is 2.58. The molecule has 1 N–H and O–H groups in total. The fraction of sp³-hybridized carbons (Fsp3) is 0.100. The molecule has 0 saturated heterocycles. The van der Waals surface area contributed by atoms with Crippen molar-refractivity contribution in [3.05, 3.63) is 48.9 Å². The molecule has 1 aromatic carbocycles. The van der Waals surface area contributed by atoms with Crippen LogP contribution in [0.15, 0.2) is 29.1 Å². The quantitative estimate of drug-likeness (QED) is 0.642. The van der Waals surface area contributed by atoms with Gasteiger partial charge in [-0.3, -0.25) is 14.9 Å². The highest BCUT2D eigenvalue weighted by Gasteiger charge is 2.10. The van der Waals surface area contributed by atoms with Gasteiger partial charge >= 0.3 is 4.87 Å². The minimum atomic E-state index is -0.455. The third kappa shape index (κ3) is 1.87. The van der Waals surface area contributed by atoms with Crippen LogP contribution in [0.4, 0.5) is 5.69 Å². The van der Waals surface area contributed by atoms with Crippen LogP contribution in [0.3, 0.4) is 0 Å². The van der Waals surface area contributed by atoms with Crippen molar-refractivity contribution in [2.45, 2.75) is 6.92 Å². The summed E-state index contributed by atoms with van der Waals surface area (Å²) >= 11 is 1.10. The van der Waals surface area contributed by atoms with Gasteiger partial charge in [0.15, 0.2) is 0 Å². The van der Waals surface area contributed by atoms with Crippen molar-refractivity contribution >= 4 is 17.0 Å². The largest absolute Gasteiger partial charge is 0.312 e. The van der Waals surface area contributed by atoms with Gasteiger partial charge in [-0.1, -0.05) is 23.5 Å². The number of thiazole rings is 1. The maximum atomic E-state index is 11.1. The summed E-state index contributed by atoms with van der Waals surface area (Å²) in [5.41, 5.74) is 1.33. The van der Waals surface area contributed by atoms with E-state index in [0.717, 1.165) is 16.2 Å². The normalized spacial score (nSPS) is 10.3. The van der Waals surface area contributed by atoms with E-state index in [4.69, 9.17) is 0 Å². The van der Waals surface area contributed by atoms with Crippen LogP contribution >= 0.6 is 11.3 Å². The molecule has 0 spiro atoms. The van der Waals surface area contributed by atoms with Crippen molar-refractivity contribution in [1.82, 2.24) is 4.98 Å². The summed E-state index contributed by atoms with van der Waals surface area (Å²) in [7, 11) is 0. The Morgan fingerprint density at radius 3 is 2.75 bits per heavy atom. The summed E-state index contributed by atoms with van der Waals surface area (Å²) < 4.78 is 0. The van der Waals surface area contributed by atoms with Crippen LogP contribution in [0.1, 0.15) is 4.88 Å². The van der Waals surface area contributed by atoms with Gasteiger partial charge in [0.1, 0.15) is 0 Å². The van der Waals surface area contributed by atoms with Crippen molar-refractivity contribution < 1.29 is 4.92 Å². The number of nitro benzene ring substituents is 1.